The second-order valence-electron chi connectivity index (χ2n) is 10.3. The minimum atomic E-state index is -1.01. The first-order chi connectivity index (χ1) is 14.9. The van der Waals surface area contributed by atoms with Crippen molar-refractivity contribution in [3.05, 3.63) is 35.4 Å². The van der Waals surface area contributed by atoms with Crippen molar-refractivity contribution in [2.45, 2.75) is 77.4 Å². The van der Waals surface area contributed by atoms with Gasteiger partial charge in [-0.2, -0.15) is 0 Å². The lowest BCUT2D eigenvalue weighted by molar-refractivity contribution is -0.184. The lowest BCUT2D eigenvalue weighted by atomic mass is 9.80. The maximum Gasteiger partial charge on any atom is 0.413 e. The fraction of sp³-hybridized carbons (Fsp3) is 0.680. The Bertz CT molecular complexity index is 854. The molecule has 1 aromatic carbocycles. The number of hydrogen-bond acceptors (Lipinski definition) is 4. The summed E-state index contributed by atoms with van der Waals surface area (Å²) in [7, 11) is 0. The molecular weight excluding hydrogens is 394 g/mol. The van der Waals surface area contributed by atoms with E-state index in [1.165, 1.54) is 30.6 Å². The molecule has 2 bridgehead atoms. The molecule has 0 radical (unpaired) electrons. The summed E-state index contributed by atoms with van der Waals surface area (Å²) in [5.74, 6) is 2.01. The van der Waals surface area contributed by atoms with Crippen LogP contribution in [0.5, 0.6) is 0 Å². The number of carboxylic acids is 1. The monoisotopic (exact) mass is 427 g/mol. The van der Waals surface area contributed by atoms with Crippen LogP contribution in [0.1, 0.15) is 57.1 Å². The second-order valence-corrected chi connectivity index (χ2v) is 10.3. The van der Waals surface area contributed by atoms with E-state index in [0.29, 0.717) is 12.3 Å². The molecule has 1 N–H and O–H groups in total. The average Bonchev–Trinajstić information content (AvgIpc) is 3.45. The third kappa shape index (κ3) is 3.73. The lowest BCUT2D eigenvalue weighted by Gasteiger charge is -2.37. The number of fused-ring (bicyclic) bond motifs is 6. The van der Waals surface area contributed by atoms with Crippen LogP contribution in [-0.2, 0) is 27.2 Å². The zero-order valence-corrected chi connectivity index (χ0v) is 18.4. The highest BCUT2D eigenvalue weighted by Crippen LogP contribution is 2.59. The van der Waals surface area contributed by atoms with Gasteiger partial charge in [0.1, 0.15) is 6.04 Å². The first kappa shape index (κ1) is 20.8. The van der Waals surface area contributed by atoms with Gasteiger partial charge in [-0.3, -0.25) is 4.90 Å². The summed E-state index contributed by atoms with van der Waals surface area (Å²) in [6.07, 6.45) is 5.55. The number of benzene rings is 1. The molecule has 3 aliphatic carbocycles. The van der Waals surface area contributed by atoms with Gasteiger partial charge in [-0.15, -0.1) is 0 Å². The van der Waals surface area contributed by atoms with Gasteiger partial charge in [0.05, 0.1) is 12.6 Å². The smallest absolute Gasteiger partial charge is 0.413 e. The zero-order chi connectivity index (χ0) is 21.7. The van der Waals surface area contributed by atoms with E-state index in [-0.39, 0.29) is 18.6 Å². The average molecular weight is 428 g/mol. The van der Waals surface area contributed by atoms with Crippen LogP contribution >= 0.6 is 0 Å². The summed E-state index contributed by atoms with van der Waals surface area (Å²) in [6.45, 7) is 4.22. The fourth-order valence-corrected chi connectivity index (χ4v) is 6.76. The number of aliphatic carboxylic acids is 1. The highest BCUT2D eigenvalue weighted by Gasteiger charge is 2.55. The molecule has 4 aliphatic rings. The van der Waals surface area contributed by atoms with Gasteiger partial charge in [0, 0.05) is 12.3 Å². The van der Waals surface area contributed by atoms with E-state index in [4.69, 9.17) is 9.47 Å². The number of rotatable bonds is 5. The Labute approximate surface area is 183 Å². The molecule has 31 heavy (non-hydrogen) atoms. The third-order valence-electron chi connectivity index (χ3n) is 8.21. The van der Waals surface area contributed by atoms with E-state index in [9.17, 15) is 14.7 Å². The van der Waals surface area contributed by atoms with Gasteiger partial charge in [-0.05, 0) is 60.5 Å². The SMILES string of the molecule is CC(C)C(OC(=O)N1Cc2ccccc2CC1C(=O)O)OC1CC2CC1C1CCCC21. The van der Waals surface area contributed by atoms with E-state index in [1.54, 1.807) is 0 Å². The Morgan fingerprint density at radius 2 is 1.81 bits per heavy atom. The number of carbonyl (C=O) groups is 2. The number of nitrogens with zero attached hydrogens (tertiary/aromatic N) is 1. The number of amides is 1. The third-order valence-corrected chi connectivity index (χ3v) is 8.21. The Morgan fingerprint density at radius 1 is 1.06 bits per heavy atom. The molecule has 3 fully saturated rings. The predicted molar refractivity (Wildman–Crippen MR) is 114 cm³/mol. The molecule has 1 heterocycles. The summed E-state index contributed by atoms with van der Waals surface area (Å²) in [6, 6.07) is 6.77. The quantitative estimate of drug-likeness (QED) is 0.702. The van der Waals surface area contributed by atoms with Gasteiger partial charge in [-0.25, -0.2) is 9.59 Å². The van der Waals surface area contributed by atoms with Gasteiger partial charge in [0.2, 0.25) is 6.29 Å². The second kappa shape index (κ2) is 8.12. The topological polar surface area (TPSA) is 76.1 Å². The van der Waals surface area contributed by atoms with Crippen molar-refractivity contribution in [2.24, 2.45) is 29.6 Å². The van der Waals surface area contributed by atoms with Crippen LogP contribution in [0.15, 0.2) is 24.3 Å². The molecule has 7 unspecified atom stereocenters. The van der Waals surface area contributed by atoms with Crippen molar-refractivity contribution in [3.8, 4) is 0 Å². The standard InChI is InChI=1S/C25H33NO5/c1-14(2)24(30-22-12-17-10-20(22)19-9-5-8-18(17)19)31-25(29)26-13-16-7-4-3-6-15(16)11-21(26)23(27)28/h3-4,6-7,14,17-22,24H,5,8-13H2,1-2H3,(H,27,28). The zero-order valence-electron chi connectivity index (χ0n) is 18.4. The molecule has 5 rings (SSSR count). The Morgan fingerprint density at radius 3 is 2.55 bits per heavy atom. The Balaban J connectivity index is 1.28. The molecule has 0 saturated heterocycles. The highest BCUT2D eigenvalue weighted by molar-refractivity contribution is 5.81. The van der Waals surface area contributed by atoms with Gasteiger partial charge in [0.25, 0.3) is 0 Å². The molecule has 168 valence electrons. The fourth-order valence-electron chi connectivity index (χ4n) is 6.76. The normalized spacial score (nSPS) is 34.5. The summed E-state index contributed by atoms with van der Waals surface area (Å²) in [5.41, 5.74) is 1.95. The van der Waals surface area contributed by atoms with Crippen molar-refractivity contribution >= 4 is 12.1 Å². The largest absolute Gasteiger partial charge is 0.480 e. The first-order valence-corrected chi connectivity index (χ1v) is 11.8. The molecule has 0 spiro atoms. The van der Waals surface area contributed by atoms with Crippen LogP contribution < -0.4 is 0 Å². The number of ether oxygens (including phenoxy) is 2. The molecule has 1 aromatic rings. The highest BCUT2D eigenvalue weighted by atomic mass is 16.7. The summed E-state index contributed by atoms with van der Waals surface area (Å²) in [4.78, 5) is 26.3. The molecule has 1 aliphatic heterocycles. The molecular formula is C25H33NO5. The van der Waals surface area contributed by atoms with Crippen molar-refractivity contribution in [1.82, 2.24) is 4.90 Å². The molecule has 6 heteroatoms. The van der Waals surface area contributed by atoms with Crippen LogP contribution in [0.3, 0.4) is 0 Å². The maximum absolute atomic E-state index is 13.1. The number of hydrogen-bond donors (Lipinski definition) is 1. The van der Waals surface area contributed by atoms with E-state index < -0.39 is 24.4 Å². The van der Waals surface area contributed by atoms with Crippen LogP contribution in [-0.4, -0.2) is 40.5 Å². The Hall–Kier alpha value is -2.08. The summed E-state index contributed by atoms with van der Waals surface area (Å²) in [5, 5.41) is 9.73. The molecule has 1 amide bonds. The van der Waals surface area contributed by atoms with Crippen LogP contribution in [0, 0.1) is 29.6 Å². The number of carbonyl (C=O) groups excluding carboxylic acids is 1. The van der Waals surface area contributed by atoms with E-state index in [0.717, 1.165) is 35.3 Å². The van der Waals surface area contributed by atoms with Crippen LogP contribution in [0.4, 0.5) is 4.79 Å². The van der Waals surface area contributed by atoms with Gasteiger partial charge in [0.15, 0.2) is 0 Å². The maximum atomic E-state index is 13.1. The minimum Gasteiger partial charge on any atom is -0.480 e. The van der Waals surface area contributed by atoms with E-state index in [1.807, 2.05) is 38.1 Å². The minimum absolute atomic E-state index is 0.00260. The van der Waals surface area contributed by atoms with Crippen LogP contribution in [0.25, 0.3) is 0 Å². The van der Waals surface area contributed by atoms with Crippen molar-refractivity contribution < 1.29 is 24.2 Å². The van der Waals surface area contributed by atoms with Crippen LogP contribution in [0.2, 0.25) is 0 Å². The number of carboxylic acid groups (broad SMARTS) is 1. The van der Waals surface area contributed by atoms with Crippen molar-refractivity contribution in [2.75, 3.05) is 0 Å². The van der Waals surface area contributed by atoms with Crippen molar-refractivity contribution in [1.29, 1.82) is 0 Å². The Kier molecular flexibility index (Phi) is 5.45. The first-order valence-electron chi connectivity index (χ1n) is 11.8. The van der Waals surface area contributed by atoms with Gasteiger partial charge >= 0.3 is 12.1 Å². The molecule has 7 atom stereocenters. The van der Waals surface area contributed by atoms with Crippen molar-refractivity contribution in [3.63, 3.8) is 0 Å². The molecule has 0 aromatic heterocycles. The summed E-state index contributed by atoms with van der Waals surface area (Å²) >= 11 is 0. The summed E-state index contributed by atoms with van der Waals surface area (Å²) < 4.78 is 12.3. The van der Waals surface area contributed by atoms with Gasteiger partial charge < -0.3 is 14.6 Å². The van der Waals surface area contributed by atoms with Gasteiger partial charge in [-0.1, -0.05) is 44.5 Å². The lowest BCUT2D eigenvalue weighted by Crippen LogP contribution is -2.50. The van der Waals surface area contributed by atoms with E-state index >= 15 is 0 Å². The van der Waals surface area contributed by atoms with E-state index in [2.05, 4.69) is 0 Å². The molecule has 3 saturated carbocycles. The molecule has 6 nitrogen and oxygen atoms in total. The predicted octanol–water partition coefficient (Wildman–Crippen LogP) is 4.46.